The number of hydrogen-bond acceptors (Lipinski definition) is 4. The minimum absolute atomic E-state index is 0.601. The van der Waals surface area contributed by atoms with E-state index in [0.29, 0.717) is 17.5 Å². The molecule has 0 N–H and O–H groups in total. The first kappa shape index (κ1) is 29.5. The summed E-state index contributed by atoms with van der Waals surface area (Å²) in [7, 11) is 0. The molecule has 4 nitrogen and oxygen atoms in total. The summed E-state index contributed by atoms with van der Waals surface area (Å²) in [5.74, 6) is 3.54. The Morgan fingerprint density at radius 3 is 1.89 bits per heavy atom. The fourth-order valence-corrected chi connectivity index (χ4v) is 8.05. The third-order valence-electron chi connectivity index (χ3n) is 10.5. The monoisotopic (exact) mass is 675 g/mol. The predicted octanol–water partition coefficient (Wildman–Crippen LogP) is 12.9. The van der Waals surface area contributed by atoms with Crippen molar-refractivity contribution in [1.82, 2.24) is 15.0 Å². The van der Waals surface area contributed by atoms with Crippen LogP contribution in [0.3, 0.4) is 0 Å². The van der Waals surface area contributed by atoms with E-state index < -0.39 is 0 Å². The highest BCUT2D eigenvalue weighted by Gasteiger charge is 2.23. The maximum Gasteiger partial charge on any atom is 0.165 e. The van der Waals surface area contributed by atoms with E-state index in [9.17, 15) is 0 Å². The van der Waals surface area contributed by atoms with Gasteiger partial charge in [-0.05, 0) is 84.7 Å². The van der Waals surface area contributed by atoms with Gasteiger partial charge in [-0.25, -0.2) is 15.0 Å². The molecule has 9 aromatic carbocycles. The van der Waals surface area contributed by atoms with Gasteiger partial charge in [0.05, 0.1) is 0 Å². The number of nitrogens with zero attached hydrogens (tertiary/aromatic N) is 3. The number of benzene rings is 9. The Morgan fingerprint density at radius 2 is 1.00 bits per heavy atom. The van der Waals surface area contributed by atoms with Gasteiger partial charge in [-0.1, -0.05) is 146 Å². The Bertz CT molecular complexity index is 3090. The fraction of sp³-hybridized carbons (Fsp3) is 0. The Labute approximate surface area is 305 Å². The number of aromatic nitrogens is 3. The minimum Gasteiger partial charge on any atom is -0.456 e. The van der Waals surface area contributed by atoms with Gasteiger partial charge >= 0.3 is 0 Å². The first-order valence-corrected chi connectivity index (χ1v) is 17.9. The van der Waals surface area contributed by atoms with Crippen molar-refractivity contribution in [2.75, 3.05) is 0 Å². The molecule has 10 aromatic rings. The molecule has 0 atom stereocenters. The molecule has 0 aliphatic carbocycles. The highest BCUT2D eigenvalue weighted by molar-refractivity contribution is 6.19. The van der Waals surface area contributed by atoms with Crippen LogP contribution in [0.25, 0.3) is 99.5 Å². The molecule has 0 bridgehead atoms. The Hall–Kier alpha value is -7.17. The molecular weight excluding hydrogens is 647 g/mol. The van der Waals surface area contributed by atoms with E-state index in [0.717, 1.165) is 77.4 Å². The number of hydrogen-bond donors (Lipinski definition) is 0. The highest BCUT2D eigenvalue weighted by Crippen LogP contribution is 2.48. The molecule has 0 saturated carbocycles. The maximum atomic E-state index is 6.47. The second-order valence-electron chi connectivity index (χ2n) is 13.5. The van der Waals surface area contributed by atoms with Gasteiger partial charge in [0.2, 0.25) is 0 Å². The van der Waals surface area contributed by atoms with E-state index in [2.05, 4.69) is 152 Å². The summed E-state index contributed by atoms with van der Waals surface area (Å²) in [6.07, 6.45) is 0. The van der Waals surface area contributed by atoms with Crippen molar-refractivity contribution < 1.29 is 4.74 Å². The third-order valence-corrected chi connectivity index (χ3v) is 10.5. The van der Waals surface area contributed by atoms with Crippen molar-refractivity contribution in [3.05, 3.63) is 176 Å². The molecule has 0 fully saturated rings. The number of rotatable bonds is 4. The molecule has 246 valence electrons. The van der Waals surface area contributed by atoms with Crippen LogP contribution in [0.5, 0.6) is 11.5 Å². The fourth-order valence-electron chi connectivity index (χ4n) is 8.05. The predicted molar refractivity (Wildman–Crippen MR) is 217 cm³/mol. The van der Waals surface area contributed by atoms with Crippen molar-refractivity contribution in [1.29, 1.82) is 0 Å². The summed E-state index contributed by atoms with van der Waals surface area (Å²) in [6, 6.07) is 61.5. The molecule has 0 unspecified atom stereocenters. The lowest BCUT2D eigenvalue weighted by Crippen LogP contribution is -2.03. The zero-order chi connectivity index (χ0) is 34.9. The van der Waals surface area contributed by atoms with Gasteiger partial charge in [0.1, 0.15) is 11.5 Å². The van der Waals surface area contributed by atoms with Gasteiger partial charge in [0, 0.05) is 27.6 Å². The average Bonchev–Trinajstić information content (AvgIpc) is 3.23. The normalized spacial score (nSPS) is 11.9. The standard InChI is InChI=1S/C49H29N3O/c1-2-12-30(13-3-1)35-18-8-9-21-40(35)48-50-47(34-25-27-43-42(29-34)38-22-10-16-32-17-11-23-44(53-43)45(32)38)51-49(52-48)46-37-20-7-5-15-33(37)28-41-36-19-6-4-14-31(36)24-26-39(41)46/h1-29H. The molecule has 53 heavy (non-hydrogen) atoms. The SMILES string of the molecule is c1ccc(-c2ccccc2-c2nc(-c3ccc4c(c3)-c3cccc5cccc(c35)O4)nc(-c3c4ccccc4cc4c3ccc3ccccc34)n2)cc1. The van der Waals surface area contributed by atoms with E-state index in [1.807, 2.05) is 24.3 Å². The zero-order valence-corrected chi connectivity index (χ0v) is 28.5. The van der Waals surface area contributed by atoms with E-state index in [-0.39, 0.29) is 0 Å². The molecule has 0 spiro atoms. The molecule has 0 saturated heterocycles. The molecule has 0 amide bonds. The molecule has 1 aliphatic heterocycles. The van der Waals surface area contributed by atoms with Crippen molar-refractivity contribution in [2.24, 2.45) is 0 Å². The summed E-state index contributed by atoms with van der Waals surface area (Å²) in [6.45, 7) is 0. The summed E-state index contributed by atoms with van der Waals surface area (Å²) < 4.78 is 6.47. The second-order valence-corrected chi connectivity index (χ2v) is 13.5. The van der Waals surface area contributed by atoms with Gasteiger partial charge in [-0.3, -0.25) is 0 Å². The molecular formula is C49H29N3O. The zero-order valence-electron chi connectivity index (χ0n) is 28.5. The molecule has 2 heterocycles. The van der Waals surface area contributed by atoms with Crippen molar-refractivity contribution in [3.63, 3.8) is 0 Å². The Morgan fingerprint density at radius 1 is 0.321 bits per heavy atom. The minimum atomic E-state index is 0.601. The summed E-state index contributed by atoms with van der Waals surface area (Å²) in [5, 5.41) is 9.16. The van der Waals surface area contributed by atoms with Gasteiger partial charge in [-0.15, -0.1) is 0 Å². The van der Waals surface area contributed by atoms with Crippen LogP contribution in [0, 0.1) is 0 Å². The van der Waals surface area contributed by atoms with Crippen LogP contribution in [-0.2, 0) is 0 Å². The highest BCUT2D eigenvalue weighted by atomic mass is 16.5. The summed E-state index contributed by atoms with van der Waals surface area (Å²) >= 11 is 0. The van der Waals surface area contributed by atoms with Crippen LogP contribution < -0.4 is 4.74 Å². The second kappa shape index (κ2) is 11.7. The van der Waals surface area contributed by atoms with Crippen molar-refractivity contribution in [3.8, 4) is 67.9 Å². The van der Waals surface area contributed by atoms with Crippen LogP contribution in [0.15, 0.2) is 176 Å². The van der Waals surface area contributed by atoms with Gasteiger partial charge in [-0.2, -0.15) is 0 Å². The van der Waals surface area contributed by atoms with Crippen molar-refractivity contribution in [2.45, 2.75) is 0 Å². The first-order valence-electron chi connectivity index (χ1n) is 17.9. The number of ether oxygens (including phenoxy) is 1. The van der Waals surface area contributed by atoms with Crippen LogP contribution in [-0.4, -0.2) is 15.0 Å². The molecule has 1 aliphatic rings. The lowest BCUT2D eigenvalue weighted by Gasteiger charge is -2.22. The van der Waals surface area contributed by atoms with E-state index in [1.165, 1.54) is 16.2 Å². The lowest BCUT2D eigenvalue weighted by atomic mass is 9.92. The third kappa shape index (κ3) is 4.73. The molecule has 4 heteroatoms. The average molecular weight is 676 g/mol. The Balaban J connectivity index is 1.21. The van der Waals surface area contributed by atoms with Gasteiger partial charge in [0.25, 0.3) is 0 Å². The van der Waals surface area contributed by atoms with Crippen LogP contribution in [0.4, 0.5) is 0 Å². The topological polar surface area (TPSA) is 47.9 Å². The summed E-state index contributed by atoms with van der Waals surface area (Å²) in [5.41, 5.74) is 7.14. The lowest BCUT2D eigenvalue weighted by molar-refractivity contribution is 0.487. The van der Waals surface area contributed by atoms with E-state index in [1.54, 1.807) is 0 Å². The maximum absolute atomic E-state index is 6.47. The van der Waals surface area contributed by atoms with Gasteiger partial charge < -0.3 is 4.74 Å². The largest absolute Gasteiger partial charge is 0.456 e. The smallest absolute Gasteiger partial charge is 0.165 e. The van der Waals surface area contributed by atoms with Crippen LogP contribution in [0.1, 0.15) is 0 Å². The number of fused-ring (bicyclic) bond motifs is 6. The first-order chi connectivity index (χ1) is 26.3. The van der Waals surface area contributed by atoms with E-state index in [4.69, 9.17) is 19.7 Å². The van der Waals surface area contributed by atoms with Gasteiger partial charge in [0.15, 0.2) is 17.5 Å². The molecule has 1 aromatic heterocycles. The van der Waals surface area contributed by atoms with Crippen LogP contribution >= 0.6 is 0 Å². The van der Waals surface area contributed by atoms with Crippen molar-refractivity contribution >= 4 is 43.1 Å². The molecule has 0 radical (unpaired) electrons. The quantitative estimate of drug-likeness (QED) is 0.138. The van der Waals surface area contributed by atoms with E-state index >= 15 is 0 Å². The van der Waals surface area contributed by atoms with Crippen LogP contribution in [0.2, 0.25) is 0 Å². The Kier molecular flexibility index (Phi) is 6.52. The summed E-state index contributed by atoms with van der Waals surface area (Å²) in [4.78, 5) is 16.0. The molecule has 11 rings (SSSR count).